The molecule has 108 valence electrons. The van der Waals surface area contributed by atoms with Crippen molar-refractivity contribution in [3.63, 3.8) is 0 Å². The van der Waals surface area contributed by atoms with Gasteiger partial charge in [-0.25, -0.2) is 0 Å². The summed E-state index contributed by atoms with van der Waals surface area (Å²) in [6, 6.07) is 10.1. The summed E-state index contributed by atoms with van der Waals surface area (Å²) in [5.41, 5.74) is 1.24. The molecule has 1 unspecified atom stereocenters. The van der Waals surface area contributed by atoms with Gasteiger partial charge in [-0.15, -0.1) is 0 Å². The Kier molecular flexibility index (Phi) is 6.64. The normalized spacial score (nSPS) is 12.3. The van der Waals surface area contributed by atoms with Gasteiger partial charge in [-0.2, -0.15) is 0 Å². The van der Waals surface area contributed by atoms with Crippen LogP contribution in [0.4, 0.5) is 0 Å². The molecular weight excluding hydrogens is 252 g/mol. The van der Waals surface area contributed by atoms with Crippen molar-refractivity contribution in [3.05, 3.63) is 35.9 Å². The molecular formula is C16H22N2O2. The third kappa shape index (κ3) is 5.34. The Hall–Kier alpha value is -1.97. The number of hydrogen-bond acceptors (Lipinski definition) is 3. The Bertz CT molecular complexity index is 455. The Balaban J connectivity index is 2.64. The lowest BCUT2D eigenvalue weighted by Gasteiger charge is -2.21. The molecule has 0 aliphatic heterocycles. The van der Waals surface area contributed by atoms with Crippen molar-refractivity contribution in [1.29, 1.82) is 0 Å². The van der Waals surface area contributed by atoms with Gasteiger partial charge in [0.2, 0.25) is 11.8 Å². The molecule has 20 heavy (non-hydrogen) atoms. The van der Waals surface area contributed by atoms with Crippen LogP contribution in [0.2, 0.25) is 0 Å². The Morgan fingerprint density at radius 2 is 1.80 bits per heavy atom. The number of aliphatic imine (C=N–C) groups is 1. The molecule has 1 atom stereocenters. The smallest absolute Gasteiger partial charge is 0.226 e. The molecule has 0 aliphatic carbocycles. The first-order valence-corrected chi connectivity index (χ1v) is 6.85. The van der Waals surface area contributed by atoms with E-state index in [4.69, 9.17) is 0 Å². The van der Waals surface area contributed by atoms with Gasteiger partial charge in [-0.3, -0.25) is 19.5 Å². The van der Waals surface area contributed by atoms with Gasteiger partial charge in [0, 0.05) is 13.8 Å². The number of hydrogen-bond donors (Lipinski definition) is 0. The minimum atomic E-state index is -0.228. The molecule has 4 nitrogen and oxygen atoms in total. The average molecular weight is 274 g/mol. The van der Waals surface area contributed by atoms with Crippen molar-refractivity contribution >= 4 is 18.0 Å². The predicted molar refractivity (Wildman–Crippen MR) is 80.8 cm³/mol. The first-order chi connectivity index (χ1) is 9.54. The Morgan fingerprint density at radius 3 is 2.30 bits per heavy atom. The van der Waals surface area contributed by atoms with E-state index in [0.29, 0.717) is 6.54 Å². The molecule has 0 aliphatic rings. The Labute approximate surface area is 120 Å². The van der Waals surface area contributed by atoms with Gasteiger partial charge >= 0.3 is 0 Å². The maximum Gasteiger partial charge on any atom is 0.226 e. The average Bonchev–Trinajstić information content (AvgIpc) is 2.42. The SMILES string of the molecule is CC=NC(CCc1ccccc1)CN(C(C)=O)C(C)=O. The van der Waals surface area contributed by atoms with Gasteiger partial charge in [0.15, 0.2) is 0 Å². The van der Waals surface area contributed by atoms with Crippen LogP contribution < -0.4 is 0 Å². The number of amides is 2. The monoisotopic (exact) mass is 274 g/mol. The summed E-state index contributed by atoms with van der Waals surface area (Å²) < 4.78 is 0. The molecule has 0 heterocycles. The Morgan fingerprint density at radius 1 is 1.20 bits per heavy atom. The summed E-state index contributed by atoms with van der Waals surface area (Å²) in [7, 11) is 0. The van der Waals surface area contributed by atoms with Crippen LogP contribution in [-0.4, -0.2) is 35.5 Å². The van der Waals surface area contributed by atoms with E-state index in [0.717, 1.165) is 12.8 Å². The highest BCUT2D eigenvalue weighted by atomic mass is 16.2. The molecule has 4 heteroatoms. The van der Waals surface area contributed by atoms with Crippen LogP contribution in [0.3, 0.4) is 0 Å². The third-order valence-electron chi connectivity index (χ3n) is 3.12. The van der Waals surface area contributed by atoms with Crippen LogP contribution in [0, 0.1) is 0 Å². The van der Waals surface area contributed by atoms with Crippen LogP contribution in [-0.2, 0) is 16.0 Å². The first-order valence-electron chi connectivity index (χ1n) is 6.85. The van der Waals surface area contributed by atoms with E-state index < -0.39 is 0 Å². The summed E-state index contributed by atoms with van der Waals surface area (Å²) in [6.07, 6.45) is 3.42. The largest absolute Gasteiger partial charge is 0.293 e. The van der Waals surface area contributed by atoms with E-state index in [1.807, 2.05) is 25.1 Å². The van der Waals surface area contributed by atoms with Crippen LogP contribution in [0.1, 0.15) is 32.8 Å². The second-order valence-electron chi connectivity index (χ2n) is 4.73. The highest BCUT2D eigenvalue weighted by Gasteiger charge is 2.18. The van der Waals surface area contributed by atoms with Crippen molar-refractivity contribution in [1.82, 2.24) is 4.90 Å². The van der Waals surface area contributed by atoms with Crippen molar-refractivity contribution in [2.45, 2.75) is 39.7 Å². The molecule has 2 amide bonds. The maximum atomic E-state index is 11.5. The summed E-state index contributed by atoms with van der Waals surface area (Å²) in [5.74, 6) is -0.456. The first kappa shape index (κ1) is 16.1. The van der Waals surface area contributed by atoms with Gasteiger partial charge in [0.25, 0.3) is 0 Å². The number of nitrogens with zero attached hydrogens (tertiary/aromatic N) is 2. The highest BCUT2D eigenvalue weighted by Crippen LogP contribution is 2.09. The zero-order valence-corrected chi connectivity index (χ0v) is 12.4. The second-order valence-corrected chi connectivity index (χ2v) is 4.73. The van der Waals surface area contributed by atoms with E-state index in [2.05, 4.69) is 17.1 Å². The van der Waals surface area contributed by atoms with Gasteiger partial charge < -0.3 is 0 Å². The van der Waals surface area contributed by atoms with Gasteiger partial charge in [-0.05, 0) is 31.5 Å². The number of rotatable bonds is 6. The zero-order valence-electron chi connectivity index (χ0n) is 12.4. The number of aryl methyl sites for hydroxylation is 1. The van der Waals surface area contributed by atoms with Crippen LogP contribution in [0.25, 0.3) is 0 Å². The number of imide groups is 1. The summed E-state index contributed by atoms with van der Waals surface area (Å²) in [4.78, 5) is 28.5. The van der Waals surface area contributed by atoms with Crippen LogP contribution in [0.5, 0.6) is 0 Å². The lowest BCUT2D eigenvalue weighted by Crippen LogP contribution is -2.39. The topological polar surface area (TPSA) is 49.7 Å². The fourth-order valence-corrected chi connectivity index (χ4v) is 2.09. The van der Waals surface area contributed by atoms with E-state index in [1.165, 1.54) is 24.3 Å². The van der Waals surface area contributed by atoms with Crippen molar-refractivity contribution in [2.24, 2.45) is 4.99 Å². The number of carbonyl (C=O) groups excluding carboxylic acids is 2. The molecule has 1 aromatic rings. The van der Waals surface area contributed by atoms with Gasteiger partial charge in [0.1, 0.15) is 0 Å². The molecule has 0 bridgehead atoms. The van der Waals surface area contributed by atoms with Crippen LogP contribution >= 0.6 is 0 Å². The molecule has 0 spiro atoms. The van der Waals surface area contributed by atoms with Crippen molar-refractivity contribution < 1.29 is 9.59 Å². The summed E-state index contributed by atoms with van der Waals surface area (Å²) in [6.45, 7) is 5.01. The highest BCUT2D eigenvalue weighted by molar-refractivity contribution is 5.92. The fourth-order valence-electron chi connectivity index (χ4n) is 2.09. The van der Waals surface area contributed by atoms with E-state index in [1.54, 1.807) is 6.21 Å². The molecule has 0 fully saturated rings. The molecule has 0 saturated carbocycles. The lowest BCUT2D eigenvalue weighted by molar-refractivity contribution is -0.142. The minimum Gasteiger partial charge on any atom is -0.293 e. The molecule has 0 radical (unpaired) electrons. The summed E-state index contributed by atoms with van der Waals surface area (Å²) >= 11 is 0. The second kappa shape index (κ2) is 8.25. The van der Waals surface area contributed by atoms with E-state index in [-0.39, 0.29) is 17.9 Å². The molecule has 0 saturated heterocycles. The molecule has 0 aromatic heterocycles. The standard InChI is InChI=1S/C16H22N2O2/c1-4-17-16(12-18(13(2)19)14(3)20)11-10-15-8-6-5-7-9-15/h4-9,16H,10-12H2,1-3H3. The zero-order chi connectivity index (χ0) is 15.0. The van der Waals surface area contributed by atoms with Crippen LogP contribution in [0.15, 0.2) is 35.3 Å². The number of carbonyl (C=O) groups is 2. The quantitative estimate of drug-likeness (QED) is 0.748. The van der Waals surface area contributed by atoms with E-state index in [9.17, 15) is 9.59 Å². The maximum absolute atomic E-state index is 11.5. The summed E-state index contributed by atoms with van der Waals surface area (Å²) in [5, 5.41) is 0. The van der Waals surface area contributed by atoms with Crippen molar-refractivity contribution in [2.75, 3.05) is 6.54 Å². The fraction of sp³-hybridized carbons (Fsp3) is 0.438. The predicted octanol–water partition coefficient (Wildman–Crippen LogP) is 2.47. The van der Waals surface area contributed by atoms with Gasteiger partial charge in [-0.1, -0.05) is 30.3 Å². The lowest BCUT2D eigenvalue weighted by atomic mass is 10.1. The van der Waals surface area contributed by atoms with Gasteiger partial charge in [0.05, 0.1) is 12.6 Å². The van der Waals surface area contributed by atoms with Crippen molar-refractivity contribution in [3.8, 4) is 0 Å². The van der Waals surface area contributed by atoms with E-state index >= 15 is 0 Å². The molecule has 1 aromatic carbocycles. The third-order valence-corrected chi connectivity index (χ3v) is 3.12. The molecule has 1 rings (SSSR count). The number of benzene rings is 1. The molecule has 0 N–H and O–H groups in total. The minimum absolute atomic E-state index is 0.0481.